The Morgan fingerprint density at radius 1 is 1.13 bits per heavy atom. The van der Waals surface area contributed by atoms with Gasteiger partial charge in [0.1, 0.15) is 9.88 Å². The lowest BCUT2D eigenvalue weighted by atomic mass is 10.0. The predicted octanol–water partition coefficient (Wildman–Crippen LogP) is 2.79. The van der Waals surface area contributed by atoms with Gasteiger partial charge in [-0.3, -0.25) is 4.79 Å². The summed E-state index contributed by atoms with van der Waals surface area (Å²) in [7, 11) is 0. The molecule has 2 saturated heterocycles. The molecule has 2 aromatic rings. The molecule has 5 nitrogen and oxygen atoms in total. The van der Waals surface area contributed by atoms with E-state index < -0.39 is 5.79 Å². The van der Waals surface area contributed by atoms with Gasteiger partial charge in [0, 0.05) is 31.5 Å². The first kappa shape index (κ1) is 14.8. The number of carbonyl (C=O) groups is 1. The summed E-state index contributed by atoms with van der Waals surface area (Å²) in [6, 6.07) is 9.94. The molecule has 0 atom stereocenters. The first-order chi connectivity index (χ1) is 11.3. The fraction of sp³-hybridized carbons (Fsp3) is 0.412. The van der Waals surface area contributed by atoms with Crippen LogP contribution in [-0.4, -0.2) is 47.9 Å². The summed E-state index contributed by atoms with van der Waals surface area (Å²) in [4.78, 5) is 19.6. The van der Waals surface area contributed by atoms with Crippen molar-refractivity contribution in [1.82, 2.24) is 9.88 Å². The molecule has 2 aliphatic heterocycles. The van der Waals surface area contributed by atoms with Gasteiger partial charge in [-0.05, 0) is 0 Å². The number of likely N-dealkylation sites (tertiary alicyclic amines) is 1. The second-order valence-corrected chi connectivity index (χ2v) is 6.83. The van der Waals surface area contributed by atoms with Crippen molar-refractivity contribution in [2.45, 2.75) is 18.6 Å². The van der Waals surface area contributed by atoms with Gasteiger partial charge in [0.2, 0.25) is 0 Å². The average Bonchev–Trinajstić information content (AvgIpc) is 3.26. The summed E-state index contributed by atoms with van der Waals surface area (Å²) in [5.74, 6) is -0.391. The van der Waals surface area contributed by atoms with E-state index in [4.69, 9.17) is 9.47 Å². The summed E-state index contributed by atoms with van der Waals surface area (Å²) < 4.78 is 11.4. The van der Waals surface area contributed by atoms with Gasteiger partial charge in [-0.1, -0.05) is 30.3 Å². The highest BCUT2D eigenvalue weighted by atomic mass is 32.1. The topological polar surface area (TPSA) is 51.7 Å². The minimum Gasteiger partial charge on any atom is -0.347 e. The highest BCUT2D eigenvalue weighted by Crippen LogP contribution is 2.32. The number of benzene rings is 1. The third-order valence-electron chi connectivity index (χ3n) is 4.36. The molecule has 2 fully saturated rings. The van der Waals surface area contributed by atoms with Gasteiger partial charge in [0.25, 0.3) is 5.91 Å². The van der Waals surface area contributed by atoms with Crippen LogP contribution in [0.2, 0.25) is 0 Å². The largest absolute Gasteiger partial charge is 0.347 e. The van der Waals surface area contributed by atoms with Crippen molar-refractivity contribution in [3.05, 3.63) is 41.4 Å². The molecule has 1 amide bonds. The molecule has 1 aromatic carbocycles. The van der Waals surface area contributed by atoms with Crippen LogP contribution in [0.4, 0.5) is 0 Å². The number of hydrogen-bond acceptors (Lipinski definition) is 5. The number of carbonyl (C=O) groups excluding carboxylic acids is 1. The number of nitrogens with zero attached hydrogens (tertiary/aromatic N) is 2. The van der Waals surface area contributed by atoms with Crippen LogP contribution in [0.1, 0.15) is 22.5 Å². The van der Waals surface area contributed by atoms with E-state index in [-0.39, 0.29) is 5.91 Å². The lowest BCUT2D eigenvalue weighted by Crippen LogP contribution is -2.47. The van der Waals surface area contributed by atoms with E-state index >= 15 is 0 Å². The second kappa shape index (κ2) is 6.03. The average molecular weight is 330 g/mol. The fourth-order valence-corrected chi connectivity index (χ4v) is 3.97. The Kier molecular flexibility index (Phi) is 3.88. The summed E-state index contributed by atoms with van der Waals surface area (Å²) in [5, 5.41) is 0.880. The third kappa shape index (κ3) is 2.89. The maximum absolute atomic E-state index is 12.7. The van der Waals surface area contributed by atoms with E-state index in [1.165, 1.54) is 11.3 Å². The molecule has 3 heterocycles. The number of aromatic nitrogens is 1. The van der Waals surface area contributed by atoms with Crippen molar-refractivity contribution in [3.8, 4) is 10.6 Å². The van der Waals surface area contributed by atoms with Crippen LogP contribution in [0.15, 0.2) is 36.5 Å². The lowest BCUT2D eigenvalue weighted by molar-refractivity contribution is -0.181. The SMILES string of the molecule is O=C(c1cnc(-c2ccccc2)s1)N1CCC2(CC1)OCCO2. The fourth-order valence-electron chi connectivity index (χ4n) is 3.08. The molecule has 23 heavy (non-hydrogen) atoms. The van der Waals surface area contributed by atoms with Crippen molar-refractivity contribution in [2.75, 3.05) is 26.3 Å². The van der Waals surface area contributed by atoms with Crippen LogP contribution >= 0.6 is 11.3 Å². The molecule has 0 bridgehead atoms. The van der Waals surface area contributed by atoms with Gasteiger partial charge in [-0.2, -0.15) is 0 Å². The Hall–Kier alpha value is -1.76. The van der Waals surface area contributed by atoms with Crippen molar-refractivity contribution in [3.63, 3.8) is 0 Å². The molecule has 0 aliphatic carbocycles. The van der Waals surface area contributed by atoms with Gasteiger partial charge < -0.3 is 14.4 Å². The Morgan fingerprint density at radius 2 is 1.83 bits per heavy atom. The van der Waals surface area contributed by atoms with Crippen molar-refractivity contribution in [1.29, 1.82) is 0 Å². The van der Waals surface area contributed by atoms with Crippen molar-refractivity contribution in [2.24, 2.45) is 0 Å². The smallest absolute Gasteiger partial charge is 0.265 e. The molecule has 0 unspecified atom stereocenters. The van der Waals surface area contributed by atoms with E-state index in [9.17, 15) is 4.79 Å². The molecule has 120 valence electrons. The normalized spacial score (nSPS) is 20.1. The van der Waals surface area contributed by atoms with Gasteiger partial charge in [-0.15, -0.1) is 11.3 Å². The Bertz CT molecular complexity index is 685. The third-order valence-corrected chi connectivity index (χ3v) is 5.40. The maximum Gasteiger partial charge on any atom is 0.265 e. The van der Waals surface area contributed by atoms with Crippen LogP contribution in [0, 0.1) is 0 Å². The number of thiazole rings is 1. The summed E-state index contributed by atoms with van der Waals surface area (Å²) >= 11 is 1.45. The zero-order valence-electron chi connectivity index (χ0n) is 12.7. The first-order valence-corrected chi connectivity index (χ1v) is 8.66. The molecule has 0 radical (unpaired) electrons. The van der Waals surface area contributed by atoms with Crippen molar-refractivity contribution < 1.29 is 14.3 Å². The Labute approximate surface area is 138 Å². The predicted molar refractivity (Wildman–Crippen MR) is 87.3 cm³/mol. The van der Waals surface area contributed by atoms with E-state index in [0.717, 1.165) is 23.4 Å². The van der Waals surface area contributed by atoms with Crippen LogP contribution in [0.3, 0.4) is 0 Å². The van der Waals surface area contributed by atoms with E-state index in [0.29, 0.717) is 31.2 Å². The highest BCUT2D eigenvalue weighted by molar-refractivity contribution is 7.16. The summed E-state index contributed by atoms with van der Waals surface area (Å²) in [6.45, 7) is 2.64. The number of rotatable bonds is 2. The maximum atomic E-state index is 12.7. The van der Waals surface area contributed by atoms with Crippen LogP contribution in [0.25, 0.3) is 10.6 Å². The number of ether oxygens (including phenoxy) is 2. The molecule has 1 spiro atoms. The second-order valence-electron chi connectivity index (χ2n) is 5.80. The van der Waals surface area contributed by atoms with Gasteiger partial charge in [0.15, 0.2) is 5.79 Å². The van der Waals surface area contributed by atoms with Gasteiger partial charge >= 0.3 is 0 Å². The first-order valence-electron chi connectivity index (χ1n) is 7.84. The van der Waals surface area contributed by atoms with E-state index in [1.807, 2.05) is 35.2 Å². The van der Waals surface area contributed by atoms with Crippen molar-refractivity contribution >= 4 is 17.2 Å². The summed E-state index contributed by atoms with van der Waals surface area (Å²) in [6.07, 6.45) is 3.16. The van der Waals surface area contributed by atoms with Crippen LogP contribution in [-0.2, 0) is 9.47 Å². The minimum absolute atomic E-state index is 0.0533. The molecule has 2 aliphatic rings. The zero-order chi connectivity index (χ0) is 15.7. The lowest BCUT2D eigenvalue weighted by Gasteiger charge is -2.37. The standard InChI is InChI=1S/C17H18N2O3S/c20-16(19-8-6-17(7-9-19)21-10-11-22-17)14-12-18-15(23-14)13-4-2-1-3-5-13/h1-5,12H,6-11H2. The van der Waals surface area contributed by atoms with Crippen LogP contribution in [0.5, 0.6) is 0 Å². The minimum atomic E-state index is -0.445. The molecule has 0 saturated carbocycles. The molecule has 6 heteroatoms. The monoisotopic (exact) mass is 330 g/mol. The van der Waals surface area contributed by atoms with E-state index in [2.05, 4.69) is 4.98 Å². The van der Waals surface area contributed by atoms with Gasteiger partial charge in [0.05, 0.1) is 19.4 Å². The molecule has 0 N–H and O–H groups in total. The molecular formula is C17H18N2O3S. The molecule has 1 aromatic heterocycles. The summed E-state index contributed by atoms with van der Waals surface area (Å²) in [5.41, 5.74) is 1.04. The number of piperidine rings is 1. The van der Waals surface area contributed by atoms with E-state index in [1.54, 1.807) is 6.20 Å². The van der Waals surface area contributed by atoms with Gasteiger partial charge in [-0.25, -0.2) is 4.98 Å². The molecule has 4 rings (SSSR count). The highest BCUT2D eigenvalue weighted by Gasteiger charge is 2.41. The zero-order valence-corrected chi connectivity index (χ0v) is 13.6. The number of amides is 1. The van der Waals surface area contributed by atoms with Crippen LogP contribution < -0.4 is 0 Å². The molecular weight excluding hydrogens is 312 g/mol. The Balaban J connectivity index is 1.45. The Morgan fingerprint density at radius 3 is 2.52 bits per heavy atom. The quantitative estimate of drug-likeness (QED) is 0.850. The number of hydrogen-bond donors (Lipinski definition) is 0.